The first-order valence-electron chi connectivity index (χ1n) is 11.8. The number of hydrogen-bond donors (Lipinski definition) is 1. The fourth-order valence-corrected chi connectivity index (χ4v) is 4.23. The zero-order valence-corrected chi connectivity index (χ0v) is 21.7. The molecule has 35 heavy (non-hydrogen) atoms. The van der Waals surface area contributed by atoms with Crippen molar-refractivity contribution in [2.45, 2.75) is 52.4 Å². The van der Waals surface area contributed by atoms with E-state index in [1.165, 1.54) is 5.56 Å². The Hall–Kier alpha value is -3.09. The van der Waals surface area contributed by atoms with Crippen LogP contribution in [0.25, 0.3) is 21.9 Å². The summed E-state index contributed by atoms with van der Waals surface area (Å²) in [5.41, 5.74) is 4.65. The molecule has 0 saturated heterocycles. The summed E-state index contributed by atoms with van der Waals surface area (Å²) in [6.45, 7) is 10.6. The molecule has 0 aliphatic rings. The molecule has 0 spiro atoms. The maximum Gasteiger partial charge on any atom is 0.148 e. The summed E-state index contributed by atoms with van der Waals surface area (Å²) in [4.78, 5) is 0. The van der Waals surface area contributed by atoms with Crippen molar-refractivity contribution >= 4 is 22.4 Å². The Morgan fingerprint density at radius 3 is 2.23 bits per heavy atom. The Labute approximate surface area is 213 Å². The molecule has 4 aromatic carbocycles. The zero-order valence-electron chi connectivity index (χ0n) is 20.9. The smallest absolute Gasteiger partial charge is 0.148 e. The third kappa shape index (κ3) is 5.95. The molecule has 0 amide bonds. The van der Waals surface area contributed by atoms with E-state index in [0.717, 1.165) is 38.6 Å². The van der Waals surface area contributed by atoms with Crippen LogP contribution in [-0.4, -0.2) is 10.7 Å². The summed E-state index contributed by atoms with van der Waals surface area (Å²) < 4.78 is 6.22. The van der Waals surface area contributed by atoms with Gasteiger partial charge in [-0.25, -0.2) is 0 Å². The molecule has 4 aromatic rings. The average molecular weight is 483 g/mol. The molecule has 1 atom stereocenters. The summed E-state index contributed by atoms with van der Waals surface area (Å²) in [7, 11) is 0. The Bertz CT molecular complexity index is 1400. The van der Waals surface area contributed by atoms with Gasteiger partial charge in [-0.05, 0) is 97.5 Å². The molecule has 4 rings (SSSR count). The highest BCUT2D eigenvalue weighted by Gasteiger charge is 2.20. The molecule has 0 aromatic heterocycles. The van der Waals surface area contributed by atoms with Crippen molar-refractivity contribution in [3.05, 3.63) is 106 Å². The molecule has 0 fully saturated rings. The van der Waals surface area contributed by atoms with Crippen molar-refractivity contribution in [3.63, 3.8) is 0 Å². The Balaban J connectivity index is 1.87. The molecule has 178 valence electrons. The lowest BCUT2D eigenvalue weighted by atomic mass is 9.89. The Morgan fingerprint density at radius 2 is 1.57 bits per heavy atom. The van der Waals surface area contributed by atoms with E-state index in [1.54, 1.807) is 6.92 Å². The Morgan fingerprint density at radius 1 is 0.886 bits per heavy atom. The highest BCUT2D eigenvalue weighted by atomic mass is 35.5. The van der Waals surface area contributed by atoms with E-state index in [0.29, 0.717) is 11.6 Å². The van der Waals surface area contributed by atoms with Gasteiger partial charge in [0.1, 0.15) is 5.60 Å². The van der Waals surface area contributed by atoms with E-state index in [-0.39, 0.29) is 5.60 Å². The van der Waals surface area contributed by atoms with Crippen LogP contribution in [0.2, 0.25) is 5.02 Å². The van der Waals surface area contributed by atoms with Gasteiger partial charge in [-0.1, -0.05) is 78.0 Å². The van der Waals surface area contributed by atoms with Crippen LogP contribution in [0.15, 0.2) is 78.9 Å². The van der Waals surface area contributed by atoms with E-state index in [9.17, 15) is 5.11 Å². The van der Waals surface area contributed by atoms with Crippen molar-refractivity contribution in [2.24, 2.45) is 0 Å². The van der Waals surface area contributed by atoms with Gasteiger partial charge in [0.2, 0.25) is 0 Å². The first-order valence-corrected chi connectivity index (χ1v) is 12.2. The third-order valence-corrected chi connectivity index (χ3v) is 6.29. The van der Waals surface area contributed by atoms with Gasteiger partial charge in [-0.3, -0.25) is 0 Å². The maximum atomic E-state index is 10.9. The molecule has 3 heteroatoms. The number of fused-ring (bicyclic) bond motifs is 1. The molecule has 0 aliphatic heterocycles. The van der Waals surface area contributed by atoms with Crippen molar-refractivity contribution in [3.8, 4) is 23.0 Å². The lowest BCUT2D eigenvalue weighted by Gasteiger charge is -2.23. The van der Waals surface area contributed by atoms with Crippen molar-refractivity contribution in [2.75, 3.05) is 0 Å². The minimum absolute atomic E-state index is 0.255. The predicted molar refractivity (Wildman–Crippen MR) is 147 cm³/mol. The fourth-order valence-electron chi connectivity index (χ4n) is 4.11. The van der Waals surface area contributed by atoms with Gasteiger partial charge in [0, 0.05) is 10.6 Å². The molecular formula is C32H31ClO2. The number of benzene rings is 4. The van der Waals surface area contributed by atoms with Crippen molar-refractivity contribution in [1.29, 1.82) is 0 Å². The van der Waals surface area contributed by atoms with Gasteiger partial charge in [-0.15, -0.1) is 0 Å². The van der Waals surface area contributed by atoms with Gasteiger partial charge in [0.25, 0.3) is 0 Å². The molecule has 0 saturated carbocycles. The van der Waals surface area contributed by atoms with Crippen molar-refractivity contribution < 1.29 is 9.84 Å². The second-order valence-corrected chi connectivity index (χ2v) is 10.5. The van der Waals surface area contributed by atoms with Crippen LogP contribution in [0, 0.1) is 18.8 Å². The van der Waals surface area contributed by atoms with E-state index >= 15 is 0 Å². The van der Waals surface area contributed by atoms with Crippen LogP contribution < -0.4 is 0 Å². The number of halogens is 1. The molecule has 2 nitrogen and oxygen atoms in total. The summed E-state index contributed by atoms with van der Waals surface area (Å²) in [6, 6.07) is 25.9. The Kier molecular flexibility index (Phi) is 7.06. The van der Waals surface area contributed by atoms with Gasteiger partial charge in [0.05, 0.1) is 12.2 Å². The molecule has 1 unspecified atom stereocenters. The van der Waals surface area contributed by atoms with Gasteiger partial charge in [-0.2, -0.15) is 0 Å². The monoisotopic (exact) mass is 482 g/mol. The highest BCUT2D eigenvalue weighted by Crippen LogP contribution is 2.36. The van der Waals surface area contributed by atoms with E-state index in [2.05, 4.69) is 69.9 Å². The third-order valence-electron chi connectivity index (χ3n) is 6.04. The lowest BCUT2D eigenvalue weighted by molar-refractivity contribution is -0.0149. The summed E-state index contributed by atoms with van der Waals surface area (Å²) >= 11 is 6.20. The molecular weight excluding hydrogens is 452 g/mol. The SMILES string of the molecule is Cc1cc2ccc(C#CC(C)(O)c3ccccc3)cc2c(-c2ccc(Cl)cc2)c1COC(C)(C)C. The van der Waals surface area contributed by atoms with E-state index in [4.69, 9.17) is 16.3 Å². The molecule has 0 radical (unpaired) electrons. The molecule has 1 N–H and O–H groups in total. The summed E-state index contributed by atoms with van der Waals surface area (Å²) in [5.74, 6) is 6.26. The van der Waals surface area contributed by atoms with Crippen LogP contribution in [0.1, 0.15) is 49.9 Å². The van der Waals surface area contributed by atoms with Crippen LogP contribution in [-0.2, 0) is 16.9 Å². The largest absolute Gasteiger partial charge is 0.374 e. The maximum absolute atomic E-state index is 10.9. The summed E-state index contributed by atoms with van der Waals surface area (Å²) in [6.07, 6.45) is 0. The number of aliphatic hydroxyl groups is 1. The first kappa shape index (κ1) is 25.0. The standard InChI is InChI=1S/C32H31ClO2/c1-22-19-25-12-11-23(17-18-32(5,34)26-9-7-6-8-10-26)20-28(25)30(24-13-15-27(33)16-14-24)29(22)21-35-31(2,3)4/h6-16,19-20,34H,21H2,1-5H3. The summed E-state index contributed by atoms with van der Waals surface area (Å²) in [5, 5.41) is 13.9. The van der Waals surface area contributed by atoms with Crippen LogP contribution in [0.5, 0.6) is 0 Å². The minimum atomic E-state index is -1.24. The number of rotatable bonds is 4. The number of aryl methyl sites for hydroxylation is 1. The second kappa shape index (κ2) is 9.88. The first-order chi connectivity index (χ1) is 16.5. The van der Waals surface area contributed by atoms with Crippen molar-refractivity contribution in [1.82, 2.24) is 0 Å². The topological polar surface area (TPSA) is 29.5 Å². The minimum Gasteiger partial charge on any atom is -0.374 e. The molecule has 0 bridgehead atoms. The predicted octanol–water partition coefficient (Wildman–Crippen LogP) is 8.04. The quantitative estimate of drug-likeness (QED) is 0.298. The normalized spacial score (nSPS) is 13.2. The van der Waals surface area contributed by atoms with Gasteiger partial charge >= 0.3 is 0 Å². The van der Waals surface area contributed by atoms with Gasteiger partial charge < -0.3 is 9.84 Å². The lowest BCUT2D eigenvalue weighted by Crippen LogP contribution is -2.19. The zero-order chi connectivity index (χ0) is 25.2. The van der Waals surface area contributed by atoms with E-state index in [1.807, 2.05) is 48.5 Å². The van der Waals surface area contributed by atoms with Crippen LogP contribution in [0.3, 0.4) is 0 Å². The van der Waals surface area contributed by atoms with E-state index < -0.39 is 5.60 Å². The van der Waals surface area contributed by atoms with Crippen LogP contribution >= 0.6 is 11.6 Å². The highest BCUT2D eigenvalue weighted by molar-refractivity contribution is 6.30. The molecule has 0 heterocycles. The molecule has 0 aliphatic carbocycles. The number of hydrogen-bond acceptors (Lipinski definition) is 2. The average Bonchev–Trinajstić information content (AvgIpc) is 2.82. The number of ether oxygens (including phenoxy) is 1. The fraction of sp³-hybridized carbons (Fsp3) is 0.250. The van der Waals surface area contributed by atoms with Crippen LogP contribution in [0.4, 0.5) is 0 Å². The second-order valence-electron chi connectivity index (χ2n) is 10.1. The van der Waals surface area contributed by atoms with Gasteiger partial charge in [0.15, 0.2) is 0 Å².